The van der Waals surface area contributed by atoms with Crippen LogP contribution in [0, 0.1) is 10.1 Å². The van der Waals surface area contributed by atoms with Crippen LogP contribution < -0.4 is 9.80 Å². The summed E-state index contributed by atoms with van der Waals surface area (Å²) in [4.78, 5) is 23.9. The fraction of sp³-hybridized carbons (Fsp3) is 0.444. The standard InChI is InChI=1S/C18H21N5O2/c24-23(25)14-5-6-15(17(12-14)21-9-1-2-10-21)16-4-3-11-22(16)18-7-8-19-13-20-18/h5-8,12-13,16H,1-4,9-11H2. The summed E-state index contributed by atoms with van der Waals surface area (Å²) in [6, 6.07) is 7.45. The van der Waals surface area contributed by atoms with Gasteiger partial charge in [-0.15, -0.1) is 0 Å². The topological polar surface area (TPSA) is 75.4 Å². The fourth-order valence-electron chi connectivity index (χ4n) is 3.98. The lowest BCUT2D eigenvalue weighted by Gasteiger charge is -2.30. The molecule has 4 rings (SSSR count). The first-order chi connectivity index (χ1) is 12.2. The summed E-state index contributed by atoms with van der Waals surface area (Å²) in [7, 11) is 0. The van der Waals surface area contributed by atoms with Gasteiger partial charge in [0.1, 0.15) is 12.1 Å². The molecule has 7 nitrogen and oxygen atoms in total. The van der Waals surface area contributed by atoms with Crippen molar-refractivity contribution in [2.24, 2.45) is 0 Å². The summed E-state index contributed by atoms with van der Waals surface area (Å²) in [5.74, 6) is 0.920. The van der Waals surface area contributed by atoms with Gasteiger partial charge in [-0.1, -0.05) is 0 Å². The third-order valence-corrected chi connectivity index (χ3v) is 5.14. The molecule has 1 aromatic heterocycles. The first-order valence-electron chi connectivity index (χ1n) is 8.80. The third kappa shape index (κ3) is 3.01. The highest BCUT2D eigenvalue weighted by atomic mass is 16.6. The number of hydrogen-bond donors (Lipinski definition) is 0. The van der Waals surface area contributed by atoms with Crippen LogP contribution in [0.3, 0.4) is 0 Å². The van der Waals surface area contributed by atoms with Crippen molar-refractivity contribution in [2.45, 2.75) is 31.7 Å². The maximum Gasteiger partial charge on any atom is 0.271 e. The lowest BCUT2D eigenvalue weighted by molar-refractivity contribution is -0.384. The maximum absolute atomic E-state index is 11.2. The van der Waals surface area contributed by atoms with E-state index in [4.69, 9.17) is 0 Å². The summed E-state index contributed by atoms with van der Waals surface area (Å²) in [5.41, 5.74) is 2.35. The van der Waals surface area contributed by atoms with Gasteiger partial charge in [-0.3, -0.25) is 10.1 Å². The number of nitro benzene ring substituents is 1. The molecule has 0 radical (unpaired) electrons. The molecule has 2 aromatic rings. The van der Waals surface area contributed by atoms with Crippen LogP contribution in [0.1, 0.15) is 37.3 Å². The largest absolute Gasteiger partial charge is 0.371 e. The first kappa shape index (κ1) is 15.8. The Kier molecular flexibility index (Phi) is 4.21. The van der Waals surface area contributed by atoms with Crippen molar-refractivity contribution in [2.75, 3.05) is 29.4 Å². The lowest BCUT2D eigenvalue weighted by Crippen LogP contribution is -2.27. The molecule has 2 aliphatic rings. The minimum atomic E-state index is -0.305. The summed E-state index contributed by atoms with van der Waals surface area (Å²) in [5, 5.41) is 11.2. The lowest BCUT2D eigenvalue weighted by atomic mass is 10.0. The first-order valence-corrected chi connectivity index (χ1v) is 8.80. The molecule has 0 aliphatic carbocycles. The second-order valence-corrected chi connectivity index (χ2v) is 6.61. The number of nitro groups is 1. The quantitative estimate of drug-likeness (QED) is 0.628. The van der Waals surface area contributed by atoms with Crippen molar-refractivity contribution in [3.8, 4) is 0 Å². The van der Waals surface area contributed by atoms with Crippen molar-refractivity contribution in [3.63, 3.8) is 0 Å². The number of non-ortho nitro benzene ring substituents is 1. The normalized spacial score (nSPS) is 20.2. The highest BCUT2D eigenvalue weighted by Gasteiger charge is 2.31. The zero-order valence-electron chi connectivity index (χ0n) is 14.0. The van der Waals surface area contributed by atoms with Crippen LogP contribution in [-0.2, 0) is 0 Å². The number of hydrogen-bond acceptors (Lipinski definition) is 6. The predicted octanol–water partition coefficient (Wildman–Crippen LogP) is 3.33. The molecular weight excluding hydrogens is 318 g/mol. The van der Waals surface area contributed by atoms with Gasteiger partial charge in [0.05, 0.1) is 11.0 Å². The Hall–Kier alpha value is -2.70. The van der Waals surface area contributed by atoms with E-state index in [1.54, 1.807) is 24.7 Å². The monoisotopic (exact) mass is 339 g/mol. The molecular formula is C18H21N5O2. The summed E-state index contributed by atoms with van der Waals surface area (Å²) >= 11 is 0. The average Bonchev–Trinajstić information content (AvgIpc) is 3.33. The van der Waals surface area contributed by atoms with E-state index in [0.717, 1.165) is 56.8 Å². The Labute approximate surface area is 146 Å². The molecule has 0 saturated carbocycles. The van der Waals surface area contributed by atoms with Crippen LogP contribution in [0.2, 0.25) is 0 Å². The van der Waals surface area contributed by atoms with Crippen molar-refractivity contribution in [1.82, 2.24) is 9.97 Å². The van der Waals surface area contributed by atoms with E-state index in [9.17, 15) is 10.1 Å². The van der Waals surface area contributed by atoms with Gasteiger partial charge in [-0.25, -0.2) is 9.97 Å². The van der Waals surface area contributed by atoms with E-state index in [2.05, 4.69) is 19.8 Å². The van der Waals surface area contributed by atoms with Gasteiger partial charge in [0.15, 0.2) is 0 Å². The molecule has 25 heavy (non-hydrogen) atoms. The third-order valence-electron chi connectivity index (χ3n) is 5.14. The van der Waals surface area contributed by atoms with Crippen LogP contribution in [0.5, 0.6) is 0 Å². The van der Waals surface area contributed by atoms with Gasteiger partial charge in [-0.2, -0.15) is 0 Å². The van der Waals surface area contributed by atoms with Crippen LogP contribution in [0.25, 0.3) is 0 Å². The van der Waals surface area contributed by atoms with E-state index in [-0.39, 0.29) is 16.7 Å². The van der Waals surface area contributed by atoms with Crippen LogP contribution in [0.15, 0.2) is 36.8 Å². The Bertz CT molecular complexity index is 761. The second kappa shape index (κ2) is 6.66. The van der Waals surface area contributed by atoms with Gasteiger partial charge in [0.2, 0.25) is 0 Å². The highest BCUT2D eigenvalue weighted by Crippen LogP contribution is 2.41. The number of nitrogens with zero attached hydrogens (tertiary/aromatic N) is 5. The molecule has 130 valence electrons. The van der Waals surface area contributed by atoms with Gasteiger partial charge < -0.3 is 9.80 Å². The van der Waals surface area contributed by atoms with Gasteiger partial charge >= 0.3 is 0 Å². The molecule has 0 amide bonds. The Morgan fingerprint density at radius 2 is 1.96 bits per heavy atom. The average molecular weight is 339 g/mol. The van der Waals surface area contributed by atoms with E-state index in [1.807, 2.05) is 12.1 Å². The molecule has 0 N–H and O–H groups in total. The van der Waals surface area contributed by atoms with Crippen LogP contribution >= 0.6 is 0 Å². The van der Waals surface area contributed by atoms with Gasteiger partial charge in [0.25, 0.3) is 5.69 Å². The Morgan fingerprint density at radius 3 is 2.68 bits per heavy atom. The van der Waals surface area contributed by atoms with Crippen molar-refractivity contribution >= 4 is 17.2 Å². The summed E-state index contributed by atoms with van der Waals surface area (Å²) in [6.45, 7) is 2.88. The summed E-state index contributed by atoms with van der Waals surface area (Å²) in [6.07, 6.45) is 7.73. The van der Waals surface area contributed by atoms with Crippen LogP contribution in [-0.4, -0.2) is 34.5 Å². The molecule has 0 bridgehead atoms. The molecule has 1 unspecified atom stereocenters. The van der Waals surface area contributed by atoms with Gasteiger partial charge in [0, 0.05) is 43.7 Å². The smallest absolute Gasteiger partial charge is 0.271 e. The zero-order valence-corrected chi connectivity index (χ0v) is 14.0. The van der Waals surface area contributed by atoms with Crippen molar-refractivity contribution in [1.29, 1.82) is 0 Å². The SMILES string of the molecule is O=[N+]([O-])c1ccc(C2CCCN2c2ccncn2)c(N2CCCC2)c1. The van der Waals surface area contributed by atoms with Crippen molar-refractivity contribution < 1.29 is 4.92 Å². The van der Waals surface area contributed by atoms with Crippen LogP contribution in [0.4, 0.5) is 17.2 Å². The molecule has 3 heterocycles. The zero-order chi connectivity index (χ0) is 17.2. The van der Waals surface area contributed by atoms with E-state index >= 15 is 0 Å². The van der Waals surface area contributed by atoms with Crippen molar-refractivity contribution in [3.05, 3.63) is 52.5 Å². The molecule has 2 aliphatic heterocycles. The Morgan fingerprint density at radius 1 is 1.12 bits per heavy atom. The molecule has 2 saturated heterocycles. The Balaban J connectivity index is 1.74. The number of aromatic nitrogens is 2. The minimum absolute atomic E-state index is 0.164. The summed E-state index contributed by atoms with van der Waals surface area (Å²) < 4.78 is 0. The second-order valence-electron chi connectivity index (χ2n) is 6.61. The van der Waals surface area contributed by atoms with E-state index in [1.165, 1.54) is 5.56 Å². The van der Waals surface area contributed by atoms with E-state index in [0.29, 0.717) is 0 Å². The number of benzene rings is 1. The minimum Gasteiger partial charge on any atom is -0.371 e. The highest BCUT2D eigenvalue weighted by molar-refractivity contribution is 5.63. The van der Waals surface area contributed by atoms with E-state index < -0.39 is 0 Å². The molecule has 2 fully saturated rings. The van der Waals surface area contributed by atoms with Gasteiger partial charge in [-0.05, 0) is 43.4 Å². The predicted molar refractivity (Wildman–Crippen MR) is 95.9 cm³/mol. The number of anilines is 2. The number of rotatable bonds is 4. The molecule has 1 atom stereocenters. The molecule has 0 spiro atoms. The fourth-order valence-corrected chi connectivity index (χ4v) is 3.98. The molecule has 7 heteroatoms. The molecule has 1 aromatic carbocycles. The maximum atomic E-state index is 11.2.